The van der Waals surface area contributed by atoms with Gasteiger partial charge in [0.1, 0.15) is 11.6 Å². The number of sulfonamides is 1. The van der Waals surface area contributed by atoms with Crippen LogP contribution in [0.1, 0.15) is 15.9 Å². The van der Waals surface area contributed by atoms with Crippen LogP contribution in [0.25, 0.3) is 0 Å². The molecule has 0 atom stereocenters. The van der Waals surface area contributed by atoms with Crippen molar-refractivity contribution in [2.45, 2.75) is 11.8 Å². The van der Waals surface area contributed by atoms with E-state index in [1.165, 1.54) is 38.4 Å². The molecule has 0 aliphatic carbocycles. The maximum absolute atomic E-state index is 13.1. The summed E-state index contributed by atoms with van der Waals surface area (Å²) in [5.41, 5.74) is -0.875. The van der Waals surface area contributed by atoms with Crippen LogP contribution < -0.4 is 21.3 Å². The number of esters is 1. The average molecular weight is 504 g/mol. The van der Waals surface area contributed by atoms with Crippen LogP contribution in [0.5, 0.6) is 0 Å². The average Bonchev–Trinajstić information content (AvgIpc) is 2.81. The van der Waals surface area contributed by atoms with Crippen LogP contribution in [0, 0.1) is 12.7 Å². The van der Waals surface area contributed by atoms with Gasteiger partial charge in [-0.1, -0.05) is 6.07 Å². The summed E-state index contributed by atoms with van der Waals surface area (Å²) in [6, 6.07) is 9.46. The fourth-order valence-electron chi connectivity index (χ4n) is 2.96. The number of ether oxygens (including phenoxy) is 1. The summed E-state index contributed by atoms with van der Waals surface area (Å²) in [6.07, 6.45) is 0. The molecule has 184 valence electrons. The highest BCUT2D eigenvalue weighted by atomic mass is 32.2. The maximum atomic E-state index is 13.1. The molecule has 1 aromatic heterocycles. The van der Waals surface area contributed by atoms with E-state index >= 15 is 0 Å². The number of nitrogens with zero attached hydrogens (tertiary/aromatic N) is 2. The minimum Gasteiger partial charge on any atom is -0.452 e. The molecule has 3 rings (SSSR count). The molecule has 13 heteroatoms. The Bertz CT molecular complexity index is 1530. The van der Waals surface area contributed by atoms with E-state index in [2.05, 4.69) is 10.0 Å². The molecule has 0 fully saturated rings. The van der Waals surface area contributed by atoms with Crippen LogP contribution in [-0.2, 0) is 33.7 Å². The van der Waals surface area contributed by atoms with Crippen molar-refractivity contribution in [2.75, 3.05) is 16.6 Å². The molecule has 0 radical (unpaired) electrons. The molecular formula is C22H21FN4O7S. The van der Waals surface area contributed by atoms with E-state index in [1.807, 2.05) is 0 Å². The Balaban J connectivity index is 1.72. The third kappa shape index (κ3) is 5.81. The fraction of sp³-hybridized carbons (Fsp3) is 0.182. The van der Waals surface area contributed by atoms with E-state index in [4.69, 9.17) is 4.74 Å². The second kappa shape index (κ2) is 9.93. The number of carbonyl (C=O) groups excluding carboxylic acids is 2. The van der Waals surface area contributed by atoms with Gasteiger partial charge in [-0.3, -0.25) is 23.4 Å². The number of aryl methyl sites for hydroxylation is 1. The van der Waals surface area contributed by atoms with E-state index < -0.39 is 45.6 Å². The number of carbonyl (C=O) groups is 2. The van der Waals surface area contributed by atoms with Crippen molar-refractivity contribution in [2.24, 2.45) is 14.1 Å². The van der Waals surface area contributed by atoms with Crippen LogP contribution in [0.2, 0.25) is 0 Å². The SMILES string of the molecule is Cc1ccc(S(=O)(=O)Nc2ccc(F)cc2)cc1C(=O)OCC(=O)Nc1cc(=O)n(C)c(=O)n1C. The van der Waals surface area contributed by atoms with Crippen molar-refractivity contribution in [3.05, 3.63) is 86.3 Å². The zero-order valence-corrected chi connectivity index (χ0v) is 19.7. The third-order valence-corrected chi connectivity index (χ3v) is 6.34. The number of rotatable bonds is 7. The van der Waals surface area contributed by atoms with Crippen molar-refractivity contribution < 1.29 is 27.1 Å². The standard InChI is InChI=1S/C22H21FN4O7S/c1-13-4-9-16(35(32,33)25-15-7-5-14(23)6-8-15)10-17(13)21(30)34-12-19(28)24-18-11-20(29)27(3)22(31)26(18)2/h4-11,25H,12H2,1-3H3,(H,24,28). The summed E-state index contributed by atoms with van der Waals surface area (Å²) < 4.78 is 47.6. The van der Waals surface area contributed by atoms with Gasteiger partial charge in [-0.15, -0.1) is 0 Å². The summed E-state index contributed by atoms with van der Waals surface area (Å²) in [5.74, 6) is -2.40. The highest BCUT2D eigenvalue weighted by Crippen LogP contribution is 2.20. The van der Waals surface area contributed by atoms with Crippen molar-refractivity contribution in [3.8, 4) is 0 Å². The van der Waals surface area contributed by atoms with Crippen LogP contribution in [0.4, 0.5) is 15.9 Å². The highest BCUT2D eigenvalue weighted by molar-refractivity contribution is 7.92. The lowest BCUT2D eigenvalue weighted by atomic mass is 10.1. The minimum absolute atomic E-state index is 0.0877. The molecule has 3 aromatic rings. The number of halogens is 1. The zero-order chi connectivity index (χ0) is 25.9. The first kappa shape index (κ1) is 25.4. The topological polar surface area (TPSA) is 146 Å². The molecule has 0 bridgehead atoms. The number of hydrogen-bond acceptors (Lipinski definition) is 7. The molecule has 0 unspecified atom stereocenters. The van der Waals surface area contributed by atoms with Crippen LogP contribution in [0.3, 0.4) is 0 Å². The van der Waals surface area contributed by atoms with Gasteiger partial charge in [-0.05, 0) is 48.9 Å². The fourth-order valence-corrected chi connectivity index (χ4v) is 4.05. The van der Waals surface area contributed by atoms with Crippen LogP contribution in [0.15, 0.2) is 63.0 Å². The first-order valence-corrected chi connectivity index (χ1v) is 11.5. The number of anilines is 2. The number of hydrogen-bond donors (Lipinski definition) is 2. The monoisotopic (exact) mass is 504 g/mol. The molecule has 0 saturated heterocycles. The van der Waals surface area contributed by atoms with E-state index in [0.29, 0.717) is 5.56 Å². The molecule has 1 heterocycles. The van der Waals surface area contributed by atoms with Crippen molar-refractivity contribution >= 4 is 33.4 Å². The summed E-state index contributed by atoms with van der Waals surface area (Å²) in [7, 11) is -1.48. The Hall–Kier alpha value is -4.26. The largest absolute Gasteiger partial charge is 0.452 e. The number of benzene rings is 2. The van der Waals surface area contributed by atoms with Crippen LogP contribution in [-0.4, -0.2) is 36.0 Å². The van der Waals surface area contributed by atoms with Gasteiger partial charge in [0, 0.05) is 25.8 Å². The molecule has 2 N–H and O–H groups in total. The first-order chi connectivity index (χ1) is 16.4. The molecule has 1 amide bonds. The van der Waals surface area contributed by atoms with E-state index in [0.717, 1.165) is 33.4 Å². The normalized spacial score (nSPS) is 11.1. The zero-order valence-electron chi connectivity index (χ0n) is 18.9. The number of amides is 1. The maximum Gasteiger partial charge on any atom is 0.338 e. The quantitative estimate of drug-likeness (QED) is 0.459. The van der Waals surface area contributed by atoms with Gasteiger partial charge < -0.3 is 10.1 Å². The van der Waals surface area contributed by atoms with Gasteiger partial charge >= 0.3 is 11.7 Å². The lowest BCUT2D eigenvalue weighted by Gasteiger charge is -2.12. The molecule has 11 nitrogen and oxygen atoms in total. The minimum atomic E-state index is -4.11. The van der Waals surface area contributed by atoms with Gasteiger partial charge in [-0.25, -0.2) is 22.4 Å². The van der Waals surface area contributed by atoms with E-state index in [9.17, 15) is 32.0 Å². The van der Waals surface area contributed by atoms with Crippen molar-refractivity contribution in [1.29, 1.82) is 0 Å². The Morgan fingerprint density at radius 3 is 2.31 bits per heavy atom. The summed E-state index contributed by atoms with van der Waals surface area (Å²) in [5, 5.41) is 2.31. The predicted octanol–water partition coefficient (Wildman–Crippen LogP) is 1.13. The van der Waals surface area contributed by atoms with E-state index in [-0.39, 0.29) is 22.0 Å². The Morgan fingerprint density at radius 1 is 1.00 bits per heavy atom. The van der Waals surface area contributed by atoms with Crippen LogP contribution >= 0.6 is 0 Å². The lowest BCUT2D eigenvalue weighted by Crippen LogP contribution is -2.38. The molecule has 0 spiro atoms. The molecule has 0 saturated carbocycles. The number of aromatic nitrogens is 2. The predicted molar refractivity (Wildman–Crippen MR) is 124 cm³/mol. The van der Waals surface area contributed by atoms with E-state index in [1.54, 1.807) is 6.92 Å². The Kier molecular flexibility index (Phi) is 7.20. The van der Waals surface area contributed by atoms with Crippen molar-refractivity contribution in [3.63, 3.8) is 0 Å². The van der Waals surface area contributed by atoms with Gasteiger partial charge in [0.15, 0.2) is 6.61 Å². The Labute approximate surface area is 198 Å². The summed E-state index contributed by atoms with van der Waals surface area (Å²) >= 11 is 0. The molecule has 0 aliphatic heterocycles. The van der Waals surface area contributed by atoms with Gasteiger partial charge in [0.25, 0.3) is 21.5 Å². The lowest BCUT2D eigenvalue weighted by molar-refractivity contribution is -0.119. The molecule has 2 aromatic carbocycles. The summed E-state index contributed by atoms with van der Waals surface area (Å²) in [4.78, 5) is 48.2. The smallest absolute Gasteiger partial charge is 0.338 e. The first-order valence-electron chi connectivity index (χ1n) is 10.0. The second-order valence-corrected chi connectivity index (χ2v) is 9.16. The highest BCUT2D eigenvalue weighted by Gasteiger charge is 2.20. The van der Waals surface area contributed by atoms with Gasteiger partial charge in [0.2, 0.25) is 0 Å². The number of nitrogens with one attached hydrogen (secondary N) is 2. The molecule has 35 heavy (non-hydrogen) atoms. The Morgan fingerprint density at radius 2 is 1.66 bits per heavy atom. The molecular weight excluding hydrogens is 483 g/mol. The molecule has 0 aliphatic rings. The third-order valence-electron chi connectivity index (χ3n) is 4.96. The van der Waals surface area contributed by atoms with Crippen molar-refractivity contribution in [1.82, 2.24) is 9.13 Å². The second-order valence-electron chi connectivity index (χ2n) is 7.48. The summed E-state index contributed by atoms with van der Waals surface area (Å²) in [6.45, 7) is 0.794. The van der Waals surface area contributed by atoms with Gasteiger partial charge in [0.05, 0.1) is 10.5 Å². The van der Waals surface area contributed by atoms with Gasteiger partial charge in [-0.2, -0.15) is 0 Å².